The number of aromatic carboxylic acids is 1. The average Bonchev–Trinajstić information content (AvgIpc) is 4.12. The predicted octanol–water partition coefficient (Wildman–Crippen LogP) is 11.7. The van der Waals surface area contributed by atoms with Crippen LogP contribution in [0.4, 0.5) is 31.2 Å². The molecule has 6 aromatic carbocycles. The highest BCUT2D eigenvalue weighted by molar-refractivity contribution is 7.98. The minimum Gasteiger partial charge on any atom is -0.496 e. The number of thiazole rings is 2. The van der Waals surface area contributed by atoms with Crippen molar-refractivity contribution < 1.29 is 56.9 Å². The molecule has 0 radical (unpaired) electrons. The SMILES string of the molecule is COc1ccccc1C(=O)c1cc(C)ccc1NC(=O)Nc1ncc(CS(=O)(=O)c2ccc(CCC(=O)O)cc2)s1.COc1ccccc1C(=O)c1cc(C)ccc1NC(=O)Nc1ncc(CSc2ccc(C(=O)O)cc2)s1. The Morgan fingerprint density at radius 3 is 1.56 bits per heavy atom. The first-order valence-electron chi connectivity index (χ1n) is 23.5. The number of carbonyl (C=O) groups is 6. The van der Waals surface area contributed by atoms with Crippen molar-refractivity contribution in [2.24, 2.45) is 0 Å². The molecule has 2 aromatic heterocycles. The van der Waals surface area contributed by atoms with E-state index in [9.17, 15) is 37.2 Å². The molecule has 400 valence electrons. The van der Waals surface area contributed by atoms with E-state index in [0.29, 0.717) is 56.1 Å². The molecule has 0 saturated carbocycles. The van der Waals surface area contributed by atoms with Crippen LogP contribution in [0.25, 0.3) is 0 Å². The summed E-state index contributed by atoms with van der Waals surface area (Å²) in [6.07, 6.45) is 3.32. The lowest BCUT2D eigenvalue weighted by molar-refractivity contribution is -0.137. The minimum atomic E-state index is -3.70. The second-order valence-corrected chi connectivity index (χ2v) is 22.3. The van der Waals surface area contributed by atoms with E-state index < -0.39 is 33.8 Å². The Morgan fingerprint density at radius 1 is 0.590 bits per heavy atom. The first kappa shape index (κ1) is 57.0. The van der Waals surface area contributed by atoms with Gasteiger partial charge in [0.25, 0.3) is 0 Å². The molecule has 0 atom stereocenters. The molecule has 0 fully saturated rings. The van der Waals surface area contributed by atoms with Crippen molar-refractivity contribution in [1.29, 1.82) is 0 Å². The number of aromatic nitrogens is 2. The molecule has 0 bridgehead atoms. The Hall–Kier alpha value is -8.70. The van der Waals surface area contributed by atoms with Gasteiger partial charge in [-0.1, -0.05) is 59.7 Å². The van der Waals surface area contributed by atoms with Crippen LogP contribution in [-0.2, 0) is 32.6 Å². The smallest absolute Gasteiger partial charge is 0.335 e. The molecule has 0 unspecified atom stereocenters. The number of ketones is 2. The number of hydrogen-bond acceptors (Lipinski definition) is 15. The van der Waals surface area contributed by atoms with Crippen LogP contribution in [0.5, 0.6) is 11.5 Å². The molecule has 18 nitrogen and oxygen atoms in total. The molecule has 22 heteroatoms. The number of methoxy groups -OCH3 is 2. The van der Waals surface area contributed by atoms with E-state index in [1.807, 2.05) is 19.9 Å². The van der Waals surface area contributed by atoms with Gasteiger partial charge in [-0.3, -0.25) is 25.0 Å². The van der Waals surface area contributed by atoms with Gasteiger partial charge in [-0.25, -0.2) is 32.8 Å². The highest BCUT2D eigenvalue weighted by Gasteiger charge is 2.23. The van der Waals surface area contributed by atoms with E-state index in [0.717, 1.165) is 37.8 Å². The zero-order valence-electron chi connectivity index (χ0n) is 42.2. The van der Waals surface area contributed by atoms with E-state index in [1.54, 1.807) is 121 Å². The molecule has 0 aliphatic heterocycles. The van der Waals surface area contributed by atoms with Gasteiger partial charge in [0.1, 0.15) is 11.5 Å². The van der Waals surface area contributed by atoms with E-state index in [1.165, 1.54) is 55.6 Å². The fourth-order valence-electron chi connectivity index (χ4n) is 7.46. The molecule has 0 spiro atoms. The van der Waals surface area contributed by atoms with E-state index in [4.69, 9.17) is 19.7 Å². The Balaban J connectivity index is 0.000000227. The topological polar surface area (TPSA) is 269 Å². The molecule has 8 aromatic rings. The fourth-order valence-corrected chi connectivity index (χ4v) is 11.7. The standard InChI is InChI=1S/C29H27N3O7S2.C27H23N3O5S2/c1-18-7-13-24(23(15-18)27(35)22-5-3-4-6-25(22)39-2)31-28(36)32-29-30-16-20(40-29)17-41(37,38)21-11-8-19(9-12-21)10-14-26(33)34;1-16-7-12-22(21(13-16)24(31)20-5-3-4-6-23(20)35-2)29-26(34)30-27-28-14-19(37-27)15-36-18-10-8-17(9-11-18)25(32)33/h3-9,11-13,15-16H,10,14,17H2,1-2H3,(H,33,34)(H2,30,31,32,36);3-14H,15H2,1-2H3,(H,32,33)(H2,28,29,30,34). The van der Waals surface area contributed by atoms with Gasteiger partial charge < -0.3 is 30.3 Å². The number of sulfone groups is 1. The number of aryl methyl sites for hydroxylation is 3. The normalized spacial score (nSPS) is 10.8. The number of carbonyl (C=O) groups excluding carboxylic acids is 4. The lowest BCUT2D eigenvalue weighted by Crippen LogP contribution is -2.21. The van der Waals surface area contributed by atoms with Crippen LogP contribution in [0.3, 0.4) is 0 Å². The van der Waals surface area contributed by atoms with Crippen molar-refractivity contribution in [2.75, 3.05) is 35.5 Å². The van der Waals surface area contributed by atoms with Gasteiger partial charge >= 0.3 is 24.0 Å². The van der Waals surface area contributed by atoms with Crippen LogP contribution in [0, 0.1) is 13.8 Å². The lowest BCUT2D eigenvalue weighted by Gasteiger charge is -2.13. The maximum Gasteiger partial charge on any atom is 0.335 e. The van der Waals surface area contributed by atoms with Crippen LogP contribution in [-0.4, -0.2) is 78.4 Å². The van der Waals surface area contributed by atoms with Crippen molar-refractivity contribution in [1.82, 2.24) is 9.97 Å². The maximum absolute atomic E-state index is 13.3. The minimum absolute atomic E-state index is 0.0420. The van der Waals surface area contributed by atoms with E-state index >= 15 is 0 Å². The first-order valence-corrected chi connectivity index (χ1v) is 27.8. The second kappa shape index (κ2) is 26.4. The molecule has 6 N–H and O–H groups in total. The molecule has 0 aliphatic rings. The third kappa shape index (κ3) is 15.5. The highest BCUT2D eigenvalue weighted by Crippen LogP contribution is 2.31. The lowest BCUT2D eigenvalue weighted by atomic mass is 9.99. The summed E-state index contributed by atoms with van der Waals surface area (Å²) in [7, 11) is -0.718. The number of nitrogens with zero attached hydrogens (tertiary/aromatic N) is 2. The number of carboxylic acid groups (broad SMARTS) is 2. The first-order chi connectivity index (χ1) is 37.4. The summed E-state index contributed by atoms with van der Waals surface area (Å²) in [6.45, 7) is 3.71. The number of hydrogen-bond donors (Lipinski definition) is 6. The summed E-state index contributed by atoms with van der Waals surface area (Å²) in [6, 6.07) is 35.6. The predicted molar refractivity (Wildman–Crippen MR) is 301 cm³/mol. The molecule has 78 heavy (non-hydrogen) atoms. The third-order valence-electron chi connectivity index (χ3n) is 11.3. The second-order valence-electron chi connectivity index (χ2n) is 17.0. The summed E-state index contributed by atoms with van der Waals surface area (Å²) in [5.74, 6) is -1.31. The number of amides is 4. The van der Waals surface area contributed by atoms with E-state index in [-0.39, 0.29) is 50.6 Å². The highest BCUT2D eigenvalue weighted by atomic mass is 32.2. The number of nitrogens with one attached hydrogen (secondary N) is 4. The van der Waals surface area contributed by atoms with Gasteiger partial charge in [-0.2, -0.15) is 0 Å². The van der Waals surface area contributed by atoms with Crippen molar-refractivity contribution in [3.05, 3.63) is 200 Å². The summed E-state index contributed by atoms with van der Waals surface area (Å²) in [4.78, 5) is 84.6. The molecule has 8 rings (SSSR count). The summed E-state index contributed by atoms with van der Waals surface area (Å²) in [5.41, 5.74) is 4.71. The summed E-state index contributed by atoms with van der Waals surface area (Å²) < 4.78 is 36.4. The van der Waals surface area contributed by atoms with Crippen LogP contribution >= 0.6 is 34.4 Å². The van der Waals surface area contributed by atoms with Gasteiger partial charge in [-0.05, 0) is 111 Å². The summed E-state index contributed by atoms with van der Waals surface area (Å²) in [5, 5.41) is 29.2. The van der Waals surface area contributed by atoms with Crippen molar-refractivity contribution in [3.8, 4) is 11.5 Å². The number of rotatable bonds is 20. The number of thioether (sulfide) groups is 1. The molecular formula is C56H50N6O12S4. The largest absolute Gasteiger partial charge is 0.496 e. The van der Waals surface area contributed by atoms with Gasteiger partial charge in [0.05, 0.1) is 52.9 Å². The van der Waals surface area contributed by atoms with Crippen molar-refractivity contribution in [3.63, 3.8) is 0 Å². The Morgan fingerprint density at radius 2 is 1.08 bits per heavy atom. The van der Waals surface area contributed by atoms with Gasteiger partial charge in [-0.15, -0.1) is 34.4 Å². The van der Waals surface area contributed by atoms with Gasteiger partial charge in [0, 0.05) is 50.3 Å². The van der Waals surface area contributed by atoms with Gasteiger partial charge in [0.15, 0.2) is 31.7 Å². The number of carboxylic acids is 2. The zero-order chi connectivity index (χ0) is 55.9. The molecule has 4 amide bonds. The number of urea groups is 2. The Labute approximate surface area is 460 Å². The maximum atomic E-state index is 13.3. The molecular weight excluding hydrogens is 1080 g/mol. The van der Waals surface area contributed by atoms with E-state index in [2.05, 4.69) is 31.2 Å². The Kier molecular flexibility index (Phi) is 19.3. The van der Waals surface area contributed by atoms with Crippen molar-refractivity contribution >= 4 is 101 Å². The number of aliphatic carboxylic acids is 1. The van der Waals surface area contributed by atoms with Gasteiger partial charge in [0.2, 0.25) is 0 Å². The summed E-state index contributed by atoms with van der Waals surface area (Å²) >= 11 is 3.88. The number of benzene rings is 6. The van der Waals surface area contributed by atoms with Crippen LogP contribution in [0.1, 0.15) is 75.1 Å². The quantitative estimate of drug-likeness (QED) is 0.0306. The molecule has 0 saturated heterocycles. The van der Waals surface area contributed by atoms with Crippen LogP contribution in [0.2, 0.25) is 0 Å². The molecule has 2 heterocycles. The fraction of sp³-hybridized carbons (Fsp3) is 0.143. The third-order valence-corrected chi connectivity index (χ3v) is 16.2. The van der Waals surface area contributed by atoms with Crippen molar-refractivity contribution in [2.45, 2.75) is 48.0 Å². The molecule has 0 aliphatic carbocycles. The van der Waals surface area contributed by atoms with Crippen LogP contribution in [0.15, 0.2) is 156 Å². The van der Waals surface area contributed by atoms with Crippen LogP contribution < -0.4 is 30.7 Å². The number of anilines is 4. The Bertz CT molecular complexity index is 3620. The number of para-hydroxylation sites is 2. The zero-order valence-corrected chi connectivity index (χ0v) is 45.5. The number of ether oxygens (including phenoxy) is 2. The average molecular weight is 1130 g/mol. The monoisotopic (exact) mass is 1130 g/mol.